The third-order valence-electron chi connectivity index (χ3n) is 6.24. The molecule has 33 heavy (non-hydrogen) atoms. The molecule has 0 aliphatic carbocycles. The molecule has 1 fully saturated rings. The van der Waals surface area contributed by atoms with Crippen LogP contribution in [0.5, 0.6) is 0 Å². The first-order valence-electron chi connectivity index (χ1n) is 11.1. The van der Waals surface area contributed by atoms with Crippen molar-refractivity contribution in [3.63, 3.8) is 0 Å². The third kappa shape index (κ3) is 3.99. The Hall–Kier alpha value is -2.93. The topological polar surface area (TPSA) is 67.2 Å². The molecule has 0 radical (unpaired) electrons. The fourth-order valence-corrected chi connectivity index (χ4v) is 4.57. The zero-order valence-corrected chi connectivity index (χ0v) is 20.3. The van der Waals surface area contributed by atoms with Crippen LogP contribution in [-0.2, 0) is 11.3 Å². The van der Waals surface area contributed by atoms with Crippen LogP contribution in [0.15, 0.2) is 30.3 Å². The summed E-state index contributed by atoms with van der Waals surface area (Å²) in [6.07, 6.45) is 0. The number of nitrogens with one attached hydrogen (secondary N) is 1. The van der Waals surface area contributed by atoms with Crippen LogP contribution in [-0.4, -0.2) is 44.9 Å². The van der Waals surface area contributed by atoms with E-state index in [9.17, 15) is 14.0 Å². The Labute approximate surface area is 197 Å². The van der Waals surface area contributed by atoms with E-state index in [4.69, 9.17) is 16.6 Å². The molecule has 3 heterocycles. The molecular weight excluding hydrogens is 443 g/mol. The first-order chi connectivity index (χ1) is 15.5. The highest BCUT2D eigenvalue weighted by Gasteiger charge is 2.41. The van der Waals surface area contributed by atoms with Gasteiger partial charge in [0.1, 0.15) is 22.7 Å². The van der Waals surface area contributed by atoms with Gasteiger partial charge in [-0.3, -0.25) is 9.59 Å². The zero-order valence-electron chi connectivity index (χ0n) is 19.5. The Morgan fingerprint density at radius 3 is 2.67 bits per heavy atom. The van der Waals surface area contributed by atoms with Crippen molar-refractivity contribution < 1.29 is 14.0 Å². The lowest BCUT2D eigenvalue weighted by Crippen LogP contribution is -2.63. The zero-order chi connectivity index (χ0) is 24.1. The van der Waals surface area contributed by atoms with Gasteiger partial charge in [-0.05, 0) is 56.5 Å². The standard InChI is InChI=1S/C25H28ClFN4O2/c1-14(2)13-30-15(3)21(16-6-8-18(26)19(27)12-16)17-7-9-20(29-22(17)30)23(32)31-11-10-28-24(33)25(31,4)5/h6-9,12,14H,10-11,13H2,1-5H3,(H,28,33). The Morgan fingerprint density at radius 1 is 1.27 bits per heavy atom. The normalized spacial score (nSPS) is 15.9. The van der Waals surface area contributed by atoms with Gasteiger partial charge in [0.2, 0.25) is 5.91 Å². The summed E-state index contributed by atoms with van der Waals surface area (Å²) >= 11 is 5.90. The number of aromatic nitrogens is 2. The summed E-state index contributed by atoms with van der Waals surface area (Å²) in [4.78, 5) is 32.1. The second kappa shape index (κ2) is 8.45. The van der Waals surface area contributed by atoms with Crippen molar-refractivity contribution in [1.29, 1.82) is 0 Å². The van der Waals surface area contributed by atoms with Gasteiger partial charge in [-0.2, -0.15) is 0 Å². The Kier molecular flexibility index (Phi) is 5.95. The summed E-state index contributed by atoms with van der Waals surface area (Å²) in [5.41, 5.74) is 2.49. The van der Waals surface area contributed by atoms with E-state index in [1.165, 1.54) is 6.07 Å². The third-order valence-corrected chi connectivity index (χ3v) is 6.55. The van der Waals surface area contributed by atoms with Crippen molar-refractivity contribution >= 4 is 34.4 Å². The van der Waals surface area contributed by atoms with Gasteiger partial charge >= 0.3 is 0 Å². The fourth-order valence-electron chi connectivity index (χ4n) is 4.45. The number of amides is 2. The number of fused-ring (bicyclic) bond motifs is 1. The molecule has 1 aliphatic rings. The Morgan fingerprint density at radius 2 is 2.00 bits per heavy atom. The Balaban J connectivity index is 1.87. The molecule has 3 aromatic rings. The molecule has 2 aromatic heterocycles. The van der Waals surface area contributed by atoms with Crippen molar-refractivity contribution in [2.75, 3.05) is 13.1 Å². The molecule has 1 saturated heterocycles. The van der Waals surface area contributed by atoms with Crippen molar-refractivity contribution in [2.24, 2.45) is 5.92 Å². The number of carbonyl (C=O) groups excluding carboxylic acids is 2. The summed E-state index contributed by atoms with van der Waals surface area (Å²) in [7, 11) is 0. The molecule has 174 valence electrons. The van der Waals surface area contributed by atoms with Crippen LogP contribution in [0, 0.1) is 18.7 Å². The van der Waals surface area contributed by atoms with Gasteiger partial charge in [0.05, 0.1) is 5.02 Å². The highest BCUT2D eigenvalue weighted by atomic mass is 35.5. The average molecular weight is 471 g/mol. The summed E-state index contributed by atoms with van der Waals surface area (Å²) in [5.74, 6) is -0.622. The molecule has 1 aromatic carbocycles. The van der Waals surface area contributed by atoms with Gasteiger partial charge in [-0.15, -0.1) is 0 Å². The van der Waals surface area contributed by atoms with E-state index in [1.807, 2.05) is 13.0 Å². The lowest BCUT2D eigenvalue weighted by atomic mass is 9.98. The predicted octanol–water partition coefficient (Wildman–Crippen LogP) is 4.81. The fraction of sp³-hybridized carbons (Fsp3) is 0.400. The average Bonchev–Trinajstić information content (AvgIpc) is 3.02. The van der Waals surface area contributed by atoms with Gasteiger partial charge in [-0.1, -0.05) is 31.5 Å². The minimum absolute atomic E-state index is 0.0708. The lowest BCUT2D eigenvalue weighted by Gasteiger charge is -2.40. The summed E-state index contributed by atoms with van der Waals surface area (Å²) in [5, 5.41) is 3.72. The van der Waals surface area contributed by atoms with Gasteiger partial charge in [0.15, 0.2) is 0 Å². The van der Waals surface area contributed by atoms with Crippen LogP contribution in [0.2, 0.25) is 5.02 Å². The quantitative estimate of drug-likeness (QED) is 0.595. The summed E-state index contributed by atoms with van der Waals surface area (Å²) in [6.45, 7) is 11.2. The van der Waals surface area contributed by atoms with E-state index < -0.39 is 11.4 Å². The number of benzene rings is 1. The smallest absolute Gasteiger partial charge is 0.273 e. The molecule has 1 N–H and O–H groups in total. The molecule has 6 nitrogen and oxygen atoms in total. The SMILES string of the molecule is Cc1c(-c2ccc(Cl)c(F)c2)c2ccc(C(=O)N3CCNC(=O)C3(C)C)nc2n1CC(C)C. The van der Waals surface area contributed by atoms with Gasteiger partial charge in [0, 0.05) is 36.3 Å². The summed E-state index contributed by atoms with van der Waals surface area (Å²) < 4.78 is 16.3. The highest BCUT2D eigenvalue weighted by molar-refractivity contribution is 6.30. The molecule has 0 unspecified atom stereocenters. The predicted molar refractivity (Wildman–Crippen MR) is 128 cm³/mol. The number of rotatable bonds is 4. The lowest BCUT2D eigenvalue weighted by molar-refractivity contribution is -0.133. The summed E-state index contributed by atoms with van der Waals surface area (Å²) in [6, 6.07) is 8.31. The van der Waals surface area contributed by atoms with E-state index in [0.717, 1.165) is 16.6 Å². The van der Waals surface area contributed by atoms with Crippen LogP contribution in [0.3, 0.4) is 0 Å². The van der Waals surface area contributed by atoms with Crippen molar-refractivity contribution in [2.45, 2.75) is 46.7 Å². The van der Waals surface area contributed by atoms with Crippen molar-refractivity contribution in [3.05, 3.63) is 52.6 Å². The van der Waals surface area contributed by atoms with E-state index in [1.54, 1.807) is 36.9 Å². The first-order valence-corrected chi connectivity index (χ1v) is 11.5. The van der Waals surface area contributed by atoms with Crippen LogP contribution in [0.25, 0.3) is 22.2 Å². The van der Waals surface area contributed by atoms with Crippen LogP contribution < -0.4 is 5.32 Å². The van der Waals surface area contributed by atoms with Crippen molar-refractivity contribution in [3.8, 4) is 11.1 Å². The molecule has 0 saturated carbocycles. The van der Waals surface area contributed by atoms with Crippen molar-refractivity contribution in [1.82, 2.24) is 19.8 Å². The van der Waals surface area contributed by atoms with E-state index in [2.05, 4.69) is 23.7 Å². The second-order valence-electron chi connectivity index (χ2n) is 9.43. The molecule has 4 rings (SSSR count). The number of hydrogen-bond acceptors (Lipinski definition) is 3. The number of nitrogens with zero attached hydrogens (tertiary/aromatic N) is 3. The van der Waals surface area contributed by atoms with Gasteiger partial charge in [-0.25, -0.2) is 9.37 Å². The van der Waals surface area contributed by atoms with Crippen LogP contribution in [0.1, 0.15) is 43.9 Å². The number of halogens is 2. The van der Waals surface area contributed by atoms with E-state index >= 15 is 0 Å². The van der Waals surface area contributed by atoms with E-state index in [-0.39, 0.29) is 22.5 Å². The molecule has 0 bridgehead atoms. The maximum atomic E-state index is 14.3. The maximum Gasteiger partial charge on any atom is 0.273 e. The largest absolute Gasteiger partial charge is 0.352 e. The molecular formula is C25H28ClFN4O2. The molecule has 1 aliphatic heterocycles. The molecule has 0 atom stereocenters. The second-order valence-corrected chi connectivity index (χ2v) is 9.84. The van der Waals surface area contributed by atoms with Gasteiger partial charge < -0.3 is 14.8 Å². The van der Waals surface area contributed by atoms with Gasteiger partial charge in [0.25, 0.3) is 5.91 Å². The maximum absolute atomic E-state index is 14.3. The molecule has 0 spiro atoms. The molecule has 2 amide bonds. The molecule has 8 heteroatoms. The number of pyridine rings is 1. The Bertz CT molecular complexity index is 1270. The number of piperazine rings is 1. The highest BCUT2D eigenvalue weighted by Crippen LogP contribution is 2.36. The minimum Gasteiger partial charge on any atom is -0.352 e. The minimum atomic E-state index is -0.964. The van der Waals surface area contributed by atoms with E-state index in [0.29, 0.717) is 36.8 Å². The number of carbonyl (C=O) groups is 2. The monoisotopic (exact) mass is 470 g/mol. The van der Waals surface area contributed by atoms with Crippen LogP contribution in [0.4, 0.5) is 4.39 Å². The first kappa shape index (κ1) is 23.2. The number of hydrogen-bond donors (Lipinski definition) is 1. The van der Waals surface area contributed by atoms with Crippen LogP contribution >= 0.6 is 11.6 Å².